The quantitative estimate of drug-likeness (QED) is 0.447. The van der Waals surface area contributed by atoms with E-state index in [1.807, 2.05) is 5.32 Å². The van der Waals surface area contributed by atoms with Gasteiger partial charge in [-0.3, -0.25) is 19.7 Å². The zero-order chi connectivity index (χ0) is 15.3. The van der Waals surface area contributed by atoms with E-state index in [4.69, 9.17) is 5.11 Å². The molecule has 20 heavy (non-hydrogen) atoms. The number of hydrogen-bond donors (Lipinski definition) is 2. The zero-order valence-electron chi connectivity index (χ0n) is 10.3. The highest BCUT2D eigenvalue weighted by molar-refractivity contribution is 5.99. The van der Waals surface area contributed by atoms with Crippen molar-refractivity contribution >= 4 is 23.5 Å². The van der Waals surface area contributed by atoms with Crippen LogP contribution < -0.4 is 5.32 Å². The minimum Gasteiger partial charge on any atom is -0.480 e. The normalized spacial score (nSPS) is 9.65. The summed E-state index contributed by atoms with van der Waals surface area (Å²) < 4.78 is 4.42. The molecule has 0 spiro atoms. The van der Waals surface area contributed by atoms with Crippen LogP contribution in [0.5, 0.6) is 0 Å². The van der Waals surface area contributed by atoms with Crippen LogP contribution in [-0.4, -0.2) is 41.5 Å². The van der Waals surface area contributed by atoms with Crippen LogP contribution in [-0.2, 0) is 9.53 Å². The summed E-state index contributed by atoms with van der Waals surface area (Å²) in [6, 6.07) is 2.97. The van der Waals surface area contributed by atoms with Gasteiger partial charge in [-0.05, 0) is 6.07 Å². The number of nitrogens with one attached hydrogen (secondary N) is 1. The maximum absolute atomic E-state index is 11.6. The second-order valence-corrected chi connectivity index (χ2v) is 3.59. The molecule has 0 saturated carbocycles. The van der Waals surface area contributed by atoms with Crippen LogP contribution in [0.3, 0.4) is 0 Å². The lowest BCUT2D eigenvalue weighted by Gasteiger charge is -2.05. The number of aliphatic carboxylic acids is 1. The van der Waals surface area contributed by atoms with Crippen LogP contribution in [0.25, 0.3) is 0 Å². The van der Waals surface area contributed by atoms with Crippen molar-refractivity contribution in [2.24, 2.45) is 0 Å². The molecule has 0 heterocycles. The number of hydrogen-bond acceptors (Lipinski definition) is 6. The average molecular weight is 282 g/mol. The molecular formula is C11H10N2O7. The van der Waals surface area contributed by atoms with Gasteiger partial charge in [0.2, 0.25) is 0 Å². The van der Waals surface area contributed by atoms with Crippen LogP contribution >= 0.6 is 0 Å². The molecule has 0 aliphatic heterocycles. The number of nitro groups is 1. The molecule has 0 aliphatic carbocycles. The number of non-ortho nitro benzene ring substituents is 1. The SMILES string of the molecule is COC(=O)c1cc(C(=O)NCC(=O)O)cc([N+](=O)[O-])c1. The Balaban J connectivity index is 3.14. The van der Waals surface area contributed by atoms with E-state index >= 15 is 0 Å². The number of esters is 1. The van der Waals surface area contributed by atoms with Gasteiger partial charge in [0.25, 0.3) is 11.6 Å². The van der Waals surface area contributed by atoms with Gasteiger partial charge in [-0.25, -0.2) is 4.79 Å². The number of carboxylic acids is 1. The highest BCUT2D eigenvalue weighted by Crippen LogP contribution is 2.18. The van der Waals surface area contributed by atoms with Crippen molar-refractivity contribution in [1.82, 2.24) is 5.32 Å². The lowest BCUT2D eigenvalue weighted by Crippen LogP contribution is -2.29. The van der Waals surface area contributed by atoms with E-state index in [0.717, 1.165) is 25.3 Å². The standard InChI is InChI=1S/C11H10N2O7/c1-20-11(17)7-2-6(3-8(4-7)13(18)19)10(16)12-5-9(14)15/h2-4H,5H2,1H3,(H,12,16)(H,14,15). The first kappa shape index (κ1) is 15.1. The van der Waals surface area contributed by atoms with E-state index in [1.54, 1.807) is 0 Å². The maximum Gasteiger partial charge on any atom is 0.338 e. The van der Waals surface area contributed by atoms with Gasteiger partial charge in [0.1, 0.15) is 6.54 Å². The maximum atomic E-state index is 11.6. The number of rotatable bonds is 5. The summed E-state index contributed by atoms with van der Waals surface area (Å²) in [6.07, 6.45) is 0. The van der Waals surface area contributed by atoms with E-state index in [2.05, 4.69) is 4.74 Å². The molecule has 0 atom stereocenters. The first-order valence-electron chi connectivity index (χ1n) is 5.23. The number of carboxylic acid groups (broad SMARTS) is 1. The van der Waals surface area contributed by atoms with Crippen LogP contribution in [0, 0.1) is 10.1 Å². The molecule has 9 heteroatoms. The van der Waals surface area contributed by atoms with E-state index < -0.39 is 35.0 Å². The first-order valence-corrected chi connectivity index (χ1v) is 5.23. The number of nitrogens with zero attached hydrogens (tertiary/aromatic N) is 1. The third-order valence-electron chi connectivity index (χ3n) is 2.21. The molecule has 0 bridgehead atoms. The van der Waals surface area contributed by atoms with Crippen LogP contribution in [0.1, 0.15) is 20.7 Å². The number of carbonyl (C=O) groups excluding carboxylic acids is 2. The molecule has 1 rings (SSSR count). The molecule has 0 aliphatic rings. The lowest BCUT2D eigenvalue weighted by atomic mass is 10.1. The smallest absolute Gasteiger partial charge is 0.338 e. The molecule has 9 nitrogen and oxygen atoms in total. The largest absolute Gasteiger partial charge is 0.480 e. The van der Waals surface area contributed by atoms with Gasteiger partial charge in [-0.2, -0.15) is 0 Å². The Labute approximate surface area is 112 Å². The average Bonchev–Trinajstić information content (AvgIpc) is 2.43. The van der Waals surface area contributed by atoms with Gasteiger partial charge in [0, 0.05) is 17.7 Å². The molecule has 1 amide bonds. The summed E-state index contributed by atoms with van der Waals surface area (Å²) in [5, 5.41) is 21.2. The van der Waals surface area contributed by atoms with Crippen LogP contribution in [0.4, 0.5) is 5.69 Å². The van der Waals surface area contributed by atoms with E-state index in [-0.39, 0.29) is 11.1 Å². The zero-order valence-corrected chi connectivity index (χ0v) is 10.3. The fourth-order valence-corrected chi connectivity index (χ4v) is 1.34. The molecule has 106 valence electrons. The summed E-state index contributed by atoms with van der Waals surface area (Å²) in [5.41, 5.74) is -0.864. The third kappa shape index (κ3) is 3.77. The van der Waals surface area contributed by atoms with E-state index in [1.165, 1.54) is 0 Å². The van der Waals surface area contributed by atoms with Crippen LogP contribution in [0.15, 0.2) is 18.2 Å². The molecule has 0 saturated heterocycles. The van der Waals surface area contributed by atoms with Crippen molar-refractivity contribution in [2.75, 3.05) is 13.7 Å². The molecule has 0 unspecified atom stereocenters. The molecule has 1 aromatic rings. The number of amides is 1. The van der Waals surface area contributed by atoms with Crippen molar-refractivity contribution in [3.63, 3.8) is 0 Å². The molecule has 0 aromatic heterocycles. The van der Waals surface area contributed by atoms with Gasteiger partial charge in [0.15, 0.2) is 0 Å². The van der Waals surface area contributed by atoms with Crippen LogP contribution in [0.2, 0.25) is 0 Å². The number of nitro benzene ring substituents is 1. The van der Waals surface area contributed by atoms with Crippen molar-refractivity contribution in [3.05, 3.63) is 39.4 Å². The predicted molar refractivity (Wildman–Crippen MR) is 64.4 cm³/mol. The number of ether oxygens (including phenoxy) is 1. The first-order chi connectivity index (χ1) is 9.35. The lowest BCUT2D eigenvalue weighted by molar-refractivity contribution is -0.384. The van der Waals surface area contributed by atoms with Gasteiger partial charge in [-0.1, -0.05) is 0 Å². The second-order valence-electron chi connectivity index (χ2n) is 3.59. The monoisotopic (exact) mass is 282 g/mol. The van der Waals surface area contributed by atoms with E-state index in [0.29, 0.717) is 0 Å². The highest BCUT2D eigenvalue weighted by Gasteiger charge is 2.18. The predicted octanol–water partition coefficient (Wildman–Crippen LogP) is 0.196. The van der Waals surface area contributed by atoms with E-state index in [9.17, 15) is 24.5 Å². The highest BCUT2D eigenvalue weighted by atomic mass is 16.6. The van der Waals surface area contributed by atoms with Gasteiger partial charge >= 0.3 is 11.9 Å². The molecule has 0 fully saturated rings. The Hall–Kier alpha value is -2.97. The molecule has 0 radical (unpaired) electrons. The fourth-order valence-electron chi connectivity index (χ4n) is 1.34. The van der Waals surface area contributed by atoms with Crippen molar-refractivity contribution in [3.8, 4) is 0 Å². The van der Waals surface area contributed by atoms with Crippen molar-refractivity contribution in [2.45, 2.75) is 0 Å². The topological polar surface area (TPSA) is 136 Å². The molecular weight excluding hydrogens is 272 g/mol. The number of carbonyl (C=O) groups is 3. The summed E-state index contributed by atoms with van der Waals surface area (Å²) >= 11 is 0. The number of benzene rings is 1. The summed E-state index contributed by atoms with van der Waals surface area (Å²) in [7, 11) is 1.09. The summed E-state index contributed by atoms with van der Waals surface area (Å²) in [6.45, 7) is -0.644. The van der Waals surface area contributed by atoms with Gasteiger partial charge in [0.05, 0.1) is 17.6 Å². The molecule has 2 N–H and O–H groups in total. The van der Waals surface area contributed by atoms with Crippen molar-refractivity contribution in [1.29, 1.82) is 0 Å². The minimum absolute atomic E-state index is 0.179. The summed E-state index contributed by atoms with van der Waals surface area (Å²) in [5.74, 6) is -2.96. The van der Waals surface area contributed by atoms with Crippen molar-refractivity contribution < 1.29 is 29.2 Å². The third-order valence-corrected chi connectivity index (χ3v) is 2.21. The minimum atomic E-state index is -1.27. The Morgan fingerprint density at radius 2 is 1.90 bits per heavy atom. The number of methoxy groups -OCH3 is 1. The summed E-state index contributed by atoms with van der Waals surface area (Å²) in [4.78, 5) is 43.3. The van der Waals surface area contributed by atoms with Gasteiger partial charge in [-0.15, -0.1) is 0 Å². The Morgan fingerprint density at radius 3 is 2.40 bits per heavy atom. The Kier molecular flexibility index (Phi) is 4.73. The Morgan fingerprint density at radius 1 is 1.30 bits per heavy atom. The Bertz CT molecular complexity index is 582. The second kappa shape index (κ2) is 6.27. The fraction of sp³-hybridized carbons (Fsp3) is 0.182. The molecule has 1 aromatic carbocycles. The van der Waals surface area contributed by atoms with Gasteiger partial charge < -0.3 is 15.2 Å².